The molecule has 0 aliphatic carbocycles. The lowest BCUT2D eigenvalue weighted by atomic mass is 9.94. The van der Waals surface area contributed by atoms with Gasteiger partial charge in [0, 0.05) is 37.6 Å². The first-order valence-corrected chi connectivity index (χ1v) is 10.4. The van der Waals surface area contributed by atoms with Crippen LogP contribution in [0.15, 0.2) is 22.9 Å². The van der Waals surface area contributed by atoms with Crippen LogP contribution in [0, 0.1) is 5.92 Å². The molecule has 4 heterocycles. The number of likely N-dealkylation sites (tertiary alicyclic amines) is 1. The fraction of sp³-hybridized carbons (Fsp3) is 0.650. The monoisotopic (exact) mass is 425 g/mol. The van der Waals surface area contributed by atoms with Gasteiger partial charge in [-0.25, -0.2) is 4.68 Å². The van der Waals surface area contributed by atoms with Crippen LogP contribution in [0.3, 0.4) is 0 Å². The number of alkyl halides is 3. The second-order valence-electron chi connectivity index (χ2n) is 8.41. The molecule has 2 aliphatic rings. The smallest absolute Gasteiger partial charge is 0.367 e. The largest absolute Gasteiger partial charge is 0.410 e. The van der Waals surface area contributed by atoms with Crippen molar-refractivity contribution in [3.63, 3.8) is 0 Å². The maximum atomic E-state index is 13.7. The lowest BCUT2D eigenvalue weighted by Crippen LogP contribution is -2.41. The highest BCUT2D eigenvalue weighted by molar-refractivity contribution is 5.77. The van der Waals surface area contributed by atoms with Crippen LogP contribution in [0.5, 0.6) is 0 Å². The van der Waals surface area contributed by atoms with Crippen molar-refractivity contribution in [3.8, 4) is 0 Å². The molecule has 2 aromatic heterocycles. The normalized spacial score (nSPS) is 24.2. The van der Waals surface area contributed by atoms with E-state index in [-0.39, 0.29) is 36.8 Å². The summed E-state index contributed by atoms with van der Waals surface area (Å²) in [6.45, 7) is 4.39. The number of anilines is 1. The molecule has 2 aromatic rings. The van der Waals surface area contributed by atoms with Gasteiger partial charge >= 0.3 is 6.18 Å². The summed E-state index contributed by atoms with van der Waals surface area (Å²) in [5.74, 6) is 1.01. The summed E-state index contributed by atoms with van der Waals surface area (Å²) in [4.78, 5) is 14.5. The van der Waals surface area contributed by atoms with Crippen molar-refractivity contribution >= 4 is 11.7 Å². The molecule has 7 nitrogen and oxygen atoms in total. The highest BCUT2D eigenvalue weighted by Gasteiger charge is 2.47. The number of nitrogens with zero attached hydrogens (tertiary/aromatic N) is 4. The molecule has 1 saturated heterocycles. The summed E-state index contributed by atoms with van der Waals surface area (Å²) < 4.78 is 47.2. The molecule has 3 atom stereocenters. The van der Waals surface area contributed by atoms with Crippen molar-refractivity contribution < 1.29 is 22.5 Å². The minimum absolute atomic E-state index is 0.0553. The van der Waals surface area contributed by atoms with Crippen molar-refractivity contribution in [2.24, 2.45) is 5.92 Å². The number of rotatable bonds is 5. The summed E-state index contributed by atoms with van der Waals surface area (Å²) >= 11 is 0. The molecular weight excluding hydrogens is 399 g/mol. The molecule has 0 unspecified atom stereocenters. The molecule has 1 fully saturated rings. The quantitative estimate of drug-likeness (QED) is 0.780. The number of aryl methyl sites for hydroxylation is 1. The Labute approximate surface area is 172 Å². The van der Waals surface area contributed by atoms with Crippen LogP contribution >= 0.6 is 0 Å². The zero-order valence-corrected chi connectivity index (χ0v) is 17.0. The van der Waals surface area contributed by atoms with E-state index < -0.39 is 12.2 Å². The molecule has 0 radical (unpaired) electrons. The molecule has 0 bridgehead atoms. The van der Waals surface area contributed by atoms with Gasteiger partial charge in [0.2, 0.25) is 5.91 Å². The summed E-state index contributed by atoms with van der Waals surface area (Å²) in [5, 5.41) is 11.2. The van der Waals surface area contributed by atoms with Gasteiger partial charge < -0.3 is 14.7 Å². The van der Waals surface area contributed by atoms with Crippen molar-refractivity contribution in [2.45, 2.75) is 70.3 Å². The van der Waals surface area contributed by atoms with Crippen molar-refractivity contribution in [3.05, 3.63) is 29.8 Å². The number of amides is 1. The van der Waals surface area contributed by atoms with Crippen molar-refractivity contribution in [1.29, 1.82) is 0 Å². The van der Waals surface area contributed by atoms with Crippen LogP contribution in [-0.2, 0) is 11.2 Å². The first-order chi connectivity index (χ1) is 14.2. The molecular formula is C20H26F3N5O2. The maximum Gasteiger partial charge on any atom is 0.410 e. The molecule has 1 amide bonds. The molecule has 10 heteroatoms. The Morgan fingerprint density at radius 2 is 2.20 bits per heavy atom. The molecule has 0 spiro atoms. The number of carbonyl (C=O) groups excluding carboxylic acids is 1. The third-order valence-corrected chi connectivity index (χ3v) is 6.03. The Morgan fingerprint density at radius 3 is 2.87 bits per heavy atom. The first-order valence-electron chi connectivity index (χ1n) is 10.4. The maximum absolute atomic E-state index is 13.7. The van der Waals surface area contributed by atoms with Gasteiger partial charge in [-0.1, -0.05) is 19.0 Å². The topological polar surface area (TPSA) is 76.2 Å². The number of halogens is 3. The predicted molar refractivity (Wildman–Crippen MR) is 103 cm³/mol. The summed E-state index contributed by atoms with van der Waals surface area (Å²) in [6, 6.07) is 1.15. The minimum Gasteiger partial charge on any atom is -0.367 e. The van der Waals surface area contributed by atoms with Crippen LogP contribution in [0.2, 0.25) is 0 Å². The third-order valence-electron chi connectivity index (χ3n) is 6.03. The van der Waals surface area contributed by atoms with Gasteiger partial charge in [-0.3, -0.25) is 4.79 Å². The van der Waals surface area contributed by atoms with Crippen LogP contribution < -0.4 is 5.32 Å². The Kier molecular flexibility index (Phi) is 5.50. The summed E-state index contributed by atoms with van der Waals surface area (Å²) in [5.41, 5.74) is 0.515. The van der Waals surface area contributed by atoms with Crippen LogP contribution in [0.4, 0.5) is 19.0 Å². The van der Waals surface area contributed by atoms with Crippen LogP contribution in [0.1, 0.15) is 63.1 Å². The molecule has 0 aromatic carbocycles. The Balaban J connectivity index is 1.54. The average molecular weight is 425 g/mol. The van der Waals surface area contributed by atoms with Crippen molar-refractivity contribution in [1.82, 2.24) is 19.8 Å². The standard InChI is InChI=1S/C20H26F3N5O2/c1-12(2)14-10-17(20(21,22)23)28-18(25-14)11-15(26-28)16-4-3-9-27(16)19(29)6-5-13-7-8-24-30-13/h7-8,11-12,14,16-17,25H,3-6,9-10H2,1-2H3/t14-,16+,17+/m0/s1. The SMILES string of the molecule is CC(C)[C@@H]1C[C@H](C(F)(F)F)n2nc([C@H]3CCCN3C(=O)CCc3ccno3)cc2N1. The minimum atomic E-state index is -4.38. The van der Waals surface area contributed by atoms with Gasteiger partial charge in [0.15, 0.2) is 6.04 Å². The van der Waals surface area contributed by atoms with Gasteiger partial charge in [-0.2, -0.15) is 18.3 Å². The number of carbonyl (C=O) groups is 1. The molecule has 0 saturated carbocycles. The Morgan fingerprint density at radius 1 is 1.40 bits per heavy atom. The second-order valence-corrected chi connectivity index (χ2v) is 8.41. The van der Waals surface area contributed by atoms with E-state index in [9.17, 15) is 18.0 Å². The number of hydrogen-bond acceptors (Lipinski definition) is 5. The number of fused-ring (bicyclic) bond motifs is 1. The summed E-state index contributed by atoms with van der Waals surface area (Å²) in [7, 11) is 0. The van der Waals surface area contributed by atoms with E-state index in [0.717, 1.165) is 11.1 Å². The van der Waals surface area contributed by atoms with Gasteiger partial charge in [-0.05, 0) is 25.2 Å². The van der Waals surface area contributed by atoms with E-state index >= 15 is 0 Å². The molecule has 2 aliphatic heterocycles. The van der Waals surface area contributed by atoms with Gasteiger partial charge in [0.05, 0.1) is 17.9 Å². The van der Waals surface area contributed by atoms with E-state index in [4.69, 9.17) is 4.52 Å². The lowest BCUT2D eigenvalue weighted by molar-refractivity contribution is -0.174. The Bertz CT molecular complexity index is 878. The van der Waals surface area contributed by atoms with E-state index in [2.05, 4.69) is 15.6 Å². The molecule has 4 rings (SSSR count). The molecule has 164 valence electrons. The molecule has 1 N–H and O–H groups in total. The fourth-order valence-electron chi connectivity index (χ4n) is 4.34. The van der Waals surface area contributed by atoms with E-state index in [1.807, 2.05) is 13.8 Å². The first kappa shape index (κ1) is 20.7. The number of nitrogens with one attached hydrogen (secondary N) is 1. The molecule has 30 heavy (non-hydrogen) atoms. The van der Waals surface area contributed by atoms with Crippen LogP contribution in [0.25, 0.3) is 0 Å². The predicted octanol–water partition coefficient (Wildman–Crippen LogP) is 4.11. The van der Waals surface area contributed by atoms with E-state index in [1.54, 1.807) is 17.0 Å². The lowest BCUT2D eigenvalue weighted by Gasteiger charge is -2.35. The van der Waals surface area contributed by atoms with Gasteiger partial charge in [0.25, 0.3) is 0 Å². The number of hydrogen-bond donors (Lipinski definition) is 1. The zero-order chi connectivity index (χ0) is 21.5. The van der Waals surface area contributed by atoms with Crippen molar-refractivity contribution in [2.75, 3.05) is 11.9 Å². The second kappa shape index (κ2) is 7.96. The van der Waals surface area contributed by atoms with Gasteiger partial charge in [-0.15, -0.1) is 0 Å². The zero-order valence-electron chi connectivity index (χ0n) is 17.0. The Hall–Kier alpha value is -2.52. The highest BCUT2D eigenvalue weighted by atomic mass is 19.4. The average Bonchev–Trinajstić information content (AvgIpc) is 3.43. The fourth-order valence-corrected chi connectivity index (χ4v) is 4.34. The van der Waals surface area contributed by atoms with Gasteiger partial charge in [0.1, 0.15) is 11.6 Å². The van der Waals surface area contributed by atoms with E-state index in [1.165, 1.54) is 6.20 Å². The number of aromatic nitrogens is 3. The van der Waals surface area contributed by atoms with E-state index in [0.29, 0.717) is 36.7 Å². The highest BCUT2D eigenvalue weighted by Crippen LogP contribution is 2.42. The third kappa shape index (κ3) is 4.04. The van der Waals surface area contributed by atoms with Crippen LogP contribution in [-0.4, -0.2) is 44.5 Å². The summed E-state index contributed by atoms with van der Waals surface area (Å²) in [6.07, 6.45) is -0.716.